The number of fused-ring (bicyclic) bond motifs is 1. The lowest BCUT2D eigenvalue weighted by molar-refractivity contribution is 0.0705. The molecule has 2 heterocycles. The first kappa shape index (κ1) is 15.2. The van der Waals surface area contributed by atoms with Gasteiger partial charge in [-0.25, -0.2) is 0 Å². The van der Waals surface area contributed by atoms with Crippen LogP contribution in [-0.2, 0) is 9.47 Å². The second-order valence-electron chi connectivity index (χ2n) is 4.27. The third-order valence-electron chi connectivity index (χ3n) is 2.76. The Morgan fingerprint density at radius 2 is 2.15 bits per heavy atom. The molecule has 20 heavy (non-hydrogen) atoms. The maximum atomic E-state index is 5.42. The van der Waals surface area contributed by atoms with E-state index in [1.807, 2.05) is 12.1 Å². The lowest BCUT2D eigenvalue weighted by Crippen LogP contribution is -2.08. The lowest BCUT2D eigenvalue weighted by Gasteiger charge is -2.09. The fourth-order valence-electron chi connectivity index (χ4n) is 1.79. The summed E-state index contributed by atoms with van der Waals surface area (Å²) >= 11 is 3.40. The monoisotopic (exact) mass is 339 g/mol. The van der Waals surface area contributed by atoms with Crippen LogP contribution in [0.25, 0.3) is 11.0 Å². The molecule has 108 valence electrons. The molecule has 0 aromatic carbocycles. The summed E-state index contributed by atoms with van der Waals surface area (Å²) in [6.45, 7) is 2.84. The number of halogens is 1. The number of aromatic nitrogens is 2. The van der Waals surface area contributed by atoms with Crippen molar-refractivity contribution in [3.8, 4) is 0 Å². The molecule has 0 spiro atoms. The van der Waals surface area contributed by atoms with Crippen molar-refractivity contribution in [2.45, 2.75) is 6.42 Å². The van der Waals surface area contributed by atoms with Crippen molar-refractivity contribution in [3.05, 3.63) is 29.0 Å². The molecule has 5 nitrogen and oxygen atoms in total. The van der Waals surface area contributed by atoms with Crippen LogP contribution in [0.15, 0.2) is 29.0 Å². The van der Waals surface area contributed by atoms with Gasteiger partial charge in [0.1, 0.15) is 5.52 Å². The Balaban J connectivity index is 1.84. The van der Waals surface area contributed by atoms with Crippen molar-refractivity contribution in [3.63, 3.8) is 0 Å². The maximum absolute atomic E-state index is 5.42. The third kappa shape index (κ3) is 4.40. The zero-order chi connectivity index (χ0) is 14.2. The summed E-state index contributed by atoms with van der Waals surface area (Å²) in [5, 5.41) is 3.37. The van der Waals surface area contributed by atoms with Gasteiger partial charge in [0.2, 0.25) is 0 Å². The molecule has 0 aliphatic heterocycles. The molecular formula is C14H18BrN3O2. The topological polar surface area (TPSA) is 56.3 Å². The van der Waals surface area contributed by atoms with Crippen LogP contribution in [0.4, 0.5) is 5.69 Å². The molecule has 0 amide bonds. The van der Waals surface area contributed by atoms with Gasteiger partial charge in [0.25, 0.3) is 0 Å². The normalized spacial score (nSPS) is 10.9. The minimum Gasteiger partial charge on any atom is -0.383 e. The van der Waals surface area contributed by atoms with Crippen molar-refractivity contribution in [1.29, 1.82) is 0 Å². The zero-order valence-electron chi connectivity index (χ0n) is 11.4. The molecule has 0 saturated heterocycles. The molecule has 0 radical (unpaired) electrons. The predicted molar refractivity (Wildman–Crippen MR) is 83.0 cm³/mol. The van der Waals surface area contributed by atoms with Crippen molar-refractivity contribution >= 4 is 32.7 Å². The Morgan fingerprint density at radius 3 is 3.00 bits per heavy atom. The van der Waals surface area contributed by atoms with Gasteiger partial charge in [-0.15, -0.1) is 0 Å². The van der Waals surface area contributed by atoms with Gasteiger partial charge in [0.05, 0.1) is 24.4 Å². The number of anilines is 1. The molecule has 2 aromatic rings. The molecular weight excluding hydrogens is 322 g/mol. The lowest BCUT2D eigenvalue weighted by atomic mass is 10.3. The standard InChI is InChI=1S/C14H18BrN3O2/c1-19-7-8-20-6-2-4-16-12-3-5-17-13-9-11(15)10-18-14(12)13/h3,5,9-10H,2,4,6-8H2,1H3,(H,16,17). The molecule has 1 N–H and O–H groups in total. The van der Waals surface area contributed by atoms with E-state index in [9.17, 15) is 0 Å². The summed E-state index contributed by atoms with van der Waals surface area (Å²) in [4.78, 5) is 8.71. The van der Waals surface area contributed by atoms with Gasteiger partial charge < -0.3 is 14.8 Å². The van der Waals surface area contributed by atoms with E-state index in [0.717, 1.165) is 40.8 Å². The molecule has 0 atom stereocenters. The van der Waals surface area contributed by atoms with Crippen LogP contribution in [0, 0.1) is 0 Å². The van der Waals surface area contributed by atoms with E-state index in [-0.39, 0.29) is 0 Å². The number of nitrogens with zero attached hydrogens (tertiary/aromatic N) is 2. The second-order valence-corrected chi connectivity index (χ2v) is 5.18. The van der Waals surface area contributed by atoms with Crippen molar-refractivity contribution in [1.82, 2.24) is 9.97 Å². The smallest absolute Gasteiger partial charge is 0.112 e. The Labute approximate surface area is 126 Å². The number of hydrogen-bond acceptors (Lipinski definition) is 5. The number of ether oxygens (including phenoxy) is 2. The Hall–Kier alpha value is -1.24. The first-order valence-corrected chi connectivity index (χ1v) is 7.31. The molecule has 0 saturated carbocycles. The van der Waals surface area contributed by atoms with Gasteiger partial charge in [-0.2, -0.15) is 0 Å². The molecule has 0 aliphatic rings. The van der Waals surface area contributed by atoms with Crippen LogP contribution in [-0.4, -0.2) is 43.4 Å². The second kappa shape index (κ2) is 8.14. The van der Waals surface area contributed by atoms with Crippen molar-refractivity contribution in [2.75, 3.05) is 38.8 Å². The number of hydrogen-bond donors (Lipinski definition) is 1. The Morgan fingerprint density at radius 1 is 1.25 bits per heavy atom. The fraction of sp³-hybridized carbons (Fsp3) is 0.429. The predicted octanol–water partition coefficient (Wildman–Crippen LogP) is 2.86. The van der Waals surface area contributed by atoms with E-state index in [4.69, 9.17) is 9.47 Å². The van der Waals surface area contributed by atoms with E-state index in [1.165, 1.54) is 0 Å². The summed E-state index contributed by atoms with van der Waals surface area (Å²) in [7, 11) is 1.67. The van der Waals surface area contributed by atoms with Gasteiger partial charge in [-0.3, -0.25) is 9.97 Å². The number of rotatable bonds is 8. The summed E-state index contributed by atoms with van der Waals surface area (Å²) in [5.41, 5.74) is 2.76. The molecule has 0 aliphatic carbocycles. The number of methoxy groups -OCH3 is 1. The third-order valence-corrected chi connectivity index (χ3v) is 3.19. The first-order valence-electron chi connectivity index (χ1n) is 6.52. The molecule has 0 fully saturated rings. The Kier molecular flexibility index (Phi) is 6.17. The quantitative estimate of drug-likeness (QED) is 0.749. The van der Waals surface area contributed by atoms with Crippen LogP contribution >= 0.6 is 15.9 Å². The Bertz CT molecular complexity index is 551. The summed E-state index contributed by atoms with van der Waals surface area (Å²) < 4.78 is 11.3. The number of nitrogens with one attached hydrogen (secondary N) is 1. The molecule has 2 aromatic heterocycles. The van der Waals surface area contributed by atoms with Crippen LogP contribution in [0.5, 0.6) is 0 Å². The molecule has 0 unspecified atom stereocenters. The van der Waals surface area contributed by atoms with Crippen LogP contribution in [0.3, 0.4) is 0 Å². The summed E-state index contributed by atoms with van der Waals surface area (Å²) in [6, 6.07) is 3.90. The summed E-state index contributed by atoms with van der Waals surface area (Å²) in [5.74, 6) is 0. The highest BCUT2D eigenvalue weighted by Crippen LogP contribution is 2.21. The zero-order valence-corrected chi connectivity index (χ0v) is 13.0. The highest BCUT2D eigenvalue weighted by Gasteiger charge is 2.03. The van der Waals surface area contributed by atoms with Gasteiger partial charge in [0.15, 0.2) is 0 Å². The van der Waals surface area contributed by atoms with Crippen molar-refractivity contribution < 1.29 is 9.47 Å². The molecule has 0 bridgehead atoms. The van der Waals surface area contributed by atoms with Gasteiger partial charge in [-0.05, 0) is 34.5 Å². The average Bonchev–Trinajstić information content (AvgIpc) is 2.46. The summed E-state index contributed by atoms with van der Waals surface area (Å²) in [6.07, 6.45) is 4.50. The van der Waals surface area contributed by atoms with Gasteiger partial charge in [0, 0.05) is 37.1 Å². The highest BCUT2D eigenvalue weighted by atomic mass is 79.9. The van der Waals surface area contributed by atoms with Crippen LogP contribution in [0.2, 0.25) is 0 Å². The average molecular weight is 340 g/mol. The van der Waals surface area contributed by atoms with E-state index >= 15 is 0 Å². The minimum atomic E-state index is 0.640. The maximum Gasteiger partial charge on any atom is 0.112 e. The van der Waals surface area contributed by atoms with Crippen molar-refractivity contribution in [2.24, 2.45) is 0 Å². The molecule has 6 heteroatoms. The van der Waals surface area contributed by atoms with Gasteiger partial charge in [-0.1, -0.05) is 0 Å². The van der Waals surface area contributed by atoms with E-state index in [0.29, 0.717) is 13.2 Å². The largest absolute Gasteiger partial charge is 0.383 e. The molecule has 2 rings (SSSR count). The highest BCUT2D eigenvalue weighted by molar-refractivity contribution is 9.10. The van der Waals surface area contributed by atoms with Crippen LogP contribution in [0.1, 0.15) is 6.42 Å². The van der Waals surface area contributed by atoms with E-state index in [1.54, 1.807) is 19.5 Å². The van der Waals surface area contributed by atoms with E-state index < -0.39 is 0 Å². The number of pyridine rings is 2. The van der Waals surface area contributed by atoms with Gasteiger partial charge >= 0.3 is 0 Å². The SMILES string of the molecule is COCCOCCCNc1ccnc2cc(Br)cnc12. The fourth-order valence-corrected chi connectivity index (χ4v) is 2.11. The van der Waals surface area contributed by atoms with Crippen LogP contribution < -0.4 is 5.32 Å². The van der Waals surface area contributed by atoms with E-state index in [2.05, 4.69) is 31.2 Å². The minimum absolute atomic E-state index is 0.640. The first-order chi connectivity index (χ1) is 9.81.